The van der Waals surface area contributed by atoms with Crippen LogP contribution < -0.4 is 0 Å². The van der Waals surface area contributed by atoms with Crippen molar-refractivity contribution in [3.8, 4) is 0 Å². The zero-order valence-electron chi connectivity index (χ0n) is 38.6. The molecule has 324 valence electrons. The molecular weight excluding hydrogens is 721 g/mol. The number of nitrogens with one attached hydrogen (secondary N) is 2. The van der Waals surface area contributed by atoms with Gasteiger partial charge in [-0.25, -0.2) is 0 Å². The molecule has 2 aliphatic heterocycles. The van der Waals surface area contributed by atoms with Crippen molar-refractivity contribution < 1.29 is 13.8 Å². The van der Waals surface area contributed by atoms with Crippen LogP contribution in [0.25, 0.3) is 5.57 Å². The molecule has 4 atom stereocenters. The number of carbonyl (C=O) groups is 1. The molecule has 0 saturated heterocycles. The van der Waals surface area contributed by atoms with Crippen LogP contribution in [0.3, 0.4) is 0 Å². The van der Waals surface area contributed by atoms with Gasteiger partial charge in [0.05, 0.1) is 68.1 Å². The number of aryl methyl sites for hydroxylation is 1. The van der Waals surface area contributed by atoms with Gasteiger partial charge in [-0.15, -0.1) is 0 Å². The predicted molar refractivity (Wildman–Crippen MR) is 249 cm³/mol. The normalized spacial score (nSPS) is 22.1. The van der Waals surface area contributed by atoms with E-state index in [0.717, 1.165) is 72.1 Å². The highest BCUT2D eigenvalue weighted by Crippen LogP contribution is 2.35. The molecule has 0 radical (unpaired) electrons. The zero-order chi connectivity index (χ0) is 42.3. The summed E-state index contributed by atoms with van der Waals surface area (Å²) in [6, 6.07) is 1.26. The molecule has 4 rings (SSSR count). The van der Waals surface area contributed by atoms with E-state index in [1.807, 2.05) is 0 Å². The van der Waals surface area contributed by atoms with E-state index < -0.39 is 0 Å². The quantitative estimate of drug-likeness (QED) is 0.0529. The van der Waals surface area contributed by atoms with Gasteiger partial charge in [-0.1, -0.05) is 116 Å². The first-order valence-electron chi connectivity index (χ1n) is 23.4. The summed E-state index contributed by atoms with van der Waals surface area (Å²) in [4.78, 5) is 9.44. The number of aromatic nitrogens is 2. The second-order valence-corrected chi connectivity index (χ2v) is 19.1. The highest BCUT2D eigenvalue weighted by molar-refractivity contribution is 6.99. The third-order valence-corrected chi connectivity index (χ3v) is 13.8. The van der Waals surface area contributed by atoms with Gasteiger partial charge in [0.1, 0.15) is 24.6 Å². The summed E-state index contributed by atoms with van der Waals surface area (Å²) >= 11 is 1.40. The molecule has 57 heavy (non-hydrogen) atoms. The first-order valence-corrected chi connectivity index (χ1v) is 24.1. The maximum atomic E-state index is 9.44. The predicted octanol–water partition coefficient (Wildman–Crippen LogP) is 13.1. The summed E-state index contributed by atoms with van der Waals surface area (Å²) in [6.45, 7) is 23.6. The Kier molecular flexibility index (Phi) is 24.5. The molecule has 0 bridgehead atoms. The van der Waals surface area contributed by atoms with Gasteiger partial charge in [0.15, 0.2) is 0 Å². The highest BCUT2D eigenvalue weighted by Gasteiger charge is 2.36. The van der Waals surface area contributed by atoms with Gasteiger partial charge in [-0.3, -0.25) is 5.41 Å². The van der Waals surface area contributed by atoms with Gasteiger partial charge in [0.2, 0.25) is 0 Å². The Morgan fingerprint density at radius 1 is 0.807 bits per heavy atom. The average Bonchev–Trinajstić information content (AvgIpc) is 3.66. The molecule has 0 amide bonds. The lowest BCUT2D eigenvalue weighted by molar-refractivity contribution is -0.928. The summed E-state index contributed by atoms with van der Waals surface area (Å²) in [5.74, 6) is 0.939. The summed E-state index contributed by atoms with van der Waals surface area (Å²) in [7, 11) is 4.80. The van der Waals surface area contributed by atoms with Crippen molar-refractivity contribution in [3.63, 3.8) is 0 Å². The fourth-order valence-electron chi connectivity index (χ4n) is 8.90. The fraction of sp³-hybridized carbons (Fsp3) is 0.776. The Hall–Kier alpha value is -2.29. The van der Waals surface area contributed by atoms with Gasteiger partial charge in [0.25, 0.3) is 0 Å². The van der Waals surface area contributed by atoms with Crippen molar-refractivity contribution in [1.82, 2.24) is 8.75 Å². The molecule has 1 saturated carbocycles. The highest BCUT2D eigenvalue weighted by atomic mass is 32.1. The Morgan fingerprint density at radius 3 is 2.04 bits per heavy atom. The topological polar surface area (TPSA) is 90.6 Å². The smallest absolute Gasteiger partial charge is 0.126 e. The van der Waals surface area contributed by atoms with E-state index in [-0.39, 0.29) is 5.78 Å². The lowest BCUT2D eigenvalue weighted by Crippen LogP contribution is -2.54. The van der Waals surface area contributed by atoms with Crippen LogP contribution in [0.2, 0.25) is 0 Å². The second-order valence-electron chi connectivity index (χ2n) is 18.6. The maximum absolute atomic E-state index is 9.44. The Labute approximate surface area is 355 Å². The van der Waals surface area contributed by atoms with Crippen molar-refractivity contribution in [3.05, 3.63) is 41.3 Å². The third kappa shape index (κ3) is 18.2. The molecule has 1 aliphatic carbocycles. The molecule has 1 aromatic rings. The number of hydrogen-bond acceptors (Lipinski definition) is 6. The van der Waals surface area contributed by atoms with Crippen molar-refractivity contribution in [2.45, 2.75) is 202 Å². The van der Waals surface area contributed by atoms with E-state index in [0.29, 0.717) is 23.5 Å². The molecule has 7 nitrogen and oxygen atoms in total. The Morgan fingerprint density at radius 2 is 1.39 bits per heavy atom. The number of quaternary nitrogens is 2. The minimum atomic E-state index is 0.167. The molecule has 0 spiro atoms. The van der Waals surface area contributed by atoms with Gasteiger partial charge in [-0.2, -0.15) is 8.75 Å². The van der Waals surface area contributed by atoms with E-state index in [4.69, 9.17) is 15.2 Å². The summed E-state index contributed by atoms with van der Waals surface area (Å²) in [5, 5.41) is 16.6. The van der Waals surface area contributed by atoms with Crippen LogP contribution in [0.4, 0.5) is 0 Å². The van der Waals surface area contributed by atoms with Crippen LogP contribution in [0.15, 0.2) is 29.9 Å². The number of nitrogens with zero attached hydrogens (tertiary/aromatic N) is 4. The average molecular weight is 809 g/mol. The van der Waals surface area contributed by atoms with Crippen LogP contribution in [0, 0.1) is 16.7 Å². The maximum Gasteiger partial charge on any atom is 0.126 e. The van der Waals surface area contributed by atoms with Gasteiger partial charge < -0.3 is 19.2 Å². The lowest BCUT2D eigenvalue weighted by Gasteiger charge is -2.43. The molecule has 4 unspecified atom stereocenters. The van der Waals surface area contributed by atoms with E-state index >= 15 is 0 Å². The van der Waals surface area contributed by atoms with Crippen molar-refractivity contribution in [1.29, 1.82) is 10.8 Å². The number of carbonyl (C=O) groups excluding carboxylic acids is 1. The van der Waals surface area contributed by atoms with E-state index in [1.54, 1.807) is 0 Å². The number of Topliss-reactive ketones (excluding diaryl/α,β-unsaturated/α-hetero) is 1. The van der Waals surface area contributed by atoms with Crippen LogP contribution in [-0.4, -0.2) is 87.3 Å². The van der Waals surface area contributed by atoms with Crippen LogP contribution >= 0.6 is 11.7 Å². The van der Waals surface area contributed by atoms with Gasteiger partial charge >= 0.3 is 0 Å². The molecule has 3 aliphatic rings. The van der Waals surface area contributed by atoms with E-state index in [2.05, 4.69) is 71.8 Å². The summed E-state index contributed by atoms with van der Waals surface area (Å²) < 4.78 is 11.6. The van der Waals surface area contributed by atoms with E-state index in [1.165, 1.54) is 164 Å². The molecule has 8 heteroatoms. The molecule has 0 aromatic carbocycles. The fourth-order valence-corrected chi connectivity index (χ4v) is 9.52. The van der Waals surface area contributed by atoms with E-state index in [9.17, 15) is 4.79 Å². The minimum Gasteiger partial charge on any atom is -0.320 e. The zero-order valence-corrected chi connectivity index (χ0v) is 39.4. The Balaban J connectivity index is 0.000000371. The summed E-state index contributed by atoms with van der Waals surface area (Å²) in [6.07, 6.45) is 32.0. The largest absolute Gasteiger partial charge is 0.320 e. The molecule has 3 heterocycles. The minimum absolute atomic E-state index is 0.167. The van der Waals surface area contributed by atoms with Crippen LogP contribution in [0.5, 0.6) is 0 Å². The first-order chi connectivity index (χ1) is 27.2. The molecule has 2 N–H and O–H groups in total. The first kappa shape index (κ1) is 50.9. The second kappa shape index (κ2) is 27.5. The molecule has 1 fully saturated rings. The molecular formula is C49H88N6OS+2. The standard InChI is InChI=1S/C26H44N3S.C20H38N3.C3H6O/c1-5-6-7-8-12-17-25-26(28-30-27-25)24-16-13-18-29(4,20-24)22(3)19-21(2)23-14-10-9-11-15-23;1-5-7-9-12-17(3)23(4)15-11-13-18(16-23)20(22)19(21)14-10-8-6-2;1-3(2)4/h16,22-23H,2,5-15,17-20H2,1,3-4H3;13,17,21-22H,5-12,14-16H2,1-4H3;1-2H3/q2*+1;. The van der Waals surface area contributed by atoms with Crippen LogP contribution in [0.1, 0.15) is 195 Å². The number of rotatable bonds is 22. The number of hydrogen-bond donors (Lipinski definition) is 2. The van der Waals surface area contributed by atoms with Gasteiger partial charge in [-0.05, 0) is 85.0 Å². The van der Waals surface area contributed by atoms with Crippen molar-refractivity contribution in [2.24, 2.45) is 5.92 Å². The lowest BCUT2D eigenvalue weighted by atomic mass is 9.82. The number of likely N-dealkylation sites (N-methyl/N-ethyl adjacent to an activating group) is 2. The third-order valence-electron chi connectivity index (χ3n) is 13.2. The summed E-state index contributed by atoms with van der Waals surface area (Å²) in [5.41, 5.74) is 7.57. The van der Waals surface area contributed by atoms with Crippen molar-refractivity contribution >= 4 is 34.5 Å². The number of unbranched alkanes of at least 4 members (excludes halogenated alkanes) is 8. The number of ketones is 1. The van der Waals surface area contributed by atoms with Crippen molar-refractivity contribution in [2.75, 3.05) is 40.3 Å². The monoisotopic (exact) mass is 809 g/mol. The molecule has 1 aromatic heterocycles. The van der Waals surface area contributed by atoms with Gasteiger partial charge in [0, 0.05) is 30.4 Å². The van der Waals surface area contributed by atoms with Crippen LogP contribution in [-0.2, 0) is 11.2 Å². The Bertz CT molecular complexity index is 1420. The SMILES string of the molecule is C=C(CC(C)[N+]1(C)CCC=C(c2nsnc2CCCCCCC)C1)C1CCCCC1.CC(C)=O.CCCCCC(=N)C(=N)C1=CCC[N+](C)(C(C)CCCCC)C1.